The predicted molar refractivity (Wildman–Crippen MR) is 87.9 cm³/mol. The Morgan fingerprint density at radius 1 is 1.30 bits per heavy atom. The highest BCUT2D eigenvalue weighted by Gasteiger charge is 2.19. The van der Waals surface area contributed by atoms with Crippen molar-refractivity contribution in [1.82, 2.24) is 25.8 Å². The van der Waals surface area contributed by atoms with Crippen LogP contribution in [0.1, 0.15) is 25.2 Å². The van der Waals surface area contributed by atoms with Crippen molar-refractivity contribution < 1.29 is 9.59 Å². The van der Waals surface area contributed by atoms with Gasteiger partial charge in [0.15, 0.2) is 0 Å². The number of amides is 3. The SMILES string of the molecule is CCc1nc(SC(C)C(=O)NC(=O)NCc2ccccc2)n[nH]1. The molecule has 1 atom stereocenters. The molecule has 2 rings (SSSR count). The topological polar surface area (TPSA) is 99.8 Å². The third kappa shape index (κ3) is 5.41. The Bertz CT molecular complexity index is 659. The van der Waals surface area contributed by atoms with Crippen LogP contribution in [0.4, 0.5) is 4.79 Å². The lowest BCUT2D eigenvalue weighted by molar-refractivity contribution is -0.119. The summed E-state index contributed by atoms with van der Waals surface area (Å²) in [7, 11) is 0. The molecule has 1 unspecified atom stereocenters. The van der Waals surface area contributed by atoms with Crippen molar-refractivity contribution in [2.24, 2.45) is 0 Å². The molecule has 3 N–H and O–H groups in total. The van der Waals surface area contributed by atoms with Crippen molar-refractivity contribution in [3.8, 4) is 0 Å². The van der Waals surface area contributed by atoms with Crippen molar-refractivity contribution in [3.63, 3.8) is 0 Å². The molecule has 0 aliphatic carbocycles. The average Bonchev–Trinajstić information content (AvgIpc) is 3.01. The van der Waals surface area contributed by atoms with E-state index in [1.165, 1.54) is 11.8 Å². The van der Waals surface area contributed by atoms with Crippen LogP contribution in [-0.4, -0.2) is 32.4 Å². The molecular weight excluding hydrogens is 314 g/mol. The Morgan fingerprint density at radius 2 is 2.04 bits per heavy atom. The third-order valence-electron chi connectivity index (χ3n) is 3.03. The molecule has 23 heavy (non-hydrogen) atoms. The second-order valence-electron chi connectivity index (χ2n) is 4.84. The number of rotatable bonds is 6. The van der Waals surface area contributed by atoms with Crippen LogP contribution in [0.2, 0.25) is 0 Å². The van der Waals surface area contributed by atoms with Gasteiger partial charge >= 0.3 is 6.03 Å². The van der Waals surface area contributed by atoms with Crippen LogP contribution >= 0.6 is 11.8 Å². The van der Waals surface area contributed by atoms with Crippen molar-refractivity contribution in [1.29, 1.82) is 0 Å². The smallest absolute Gasteiger partial charge is 0.321 e. The lowest BCUT2D eigenvalue weighted by Crippen LogP contribution is -2.42. The molecule has 8 heteroatoms. The van der Waals surface area contributed by atoms with Crippen molar-refractivity contribution in [2.45, 2.75) is 37.2 Å². The highest BCUT2D eigenvalue weighted by molar-refractivity contribution is 8.00. The van der Waals surface area contributed by atoms with Gasteiger partial charge in [-0.3, -0.25) is 15.2 Å². The van der Waals surface area contributed by atoms with Crippen LogP contribution in [-0.2, 0) is 17.8 Å². The number of benzene rings is 1. The van der Waals surface area contributed by atoms with Crippen molar-refractivity contribution >= 4 is 23.7 Å². The minimum atomic E-state index is -0.518. The van der Waals surface area contributed by atoms with Gasteiger partial charge < -0.3 is 5.32 Å². The second-order valence-corrected chi connectivity index (χ2v) is 6.14. The number of aromatic amines is 1. The van der Waals surface area contributed by atoms with E-state index in [0.717, 1.165) is 17.8 Å². The summed E-state index contributed by atoms with van der Waals surface area (Å²) in [6.07, 6.45) is 0.746. The first-order valence-electron chi connectivity index (χ1n) is 7.29. The summed E-state index contributed by atoms with van der Waals surface area (Å²) >= 11 is 1.20. The van der Waals surface area contributed by atoms with E-state index < -0.39 is 11.3 Å². The molecule has 0 saturated heterocycles. The molecule has 3 amide bonds. The number of nitrogens with zero attached hydrogens (tertiary/aromatic N) is 2. The van der Waals surface area contributed by atoms with Crippen LogP contribution in [0, 0.1) is 0 Å². The van der Waals surface area contributed by atoms with E-state index in [-0.39, 0.29) is 5.91 Å². The number of hydrogen-bond donors (Lipinski definition) is 3. The van der Waals surface area contributed by atoms with Gasteiger partial charge in [0.2, 0.25) is 11.1 Å². The maximum atomic E-state index is 12.0. The van der Waals surface area contributed by atoms with Gasteiger partial charge in [0.1, 0.15) is 5.82 Å². The number of nitrogens with one attached hydrogen (secondary N) is 3. The number of H-pyrrole nitrogens is 1. The highest BCUT2D eigenvalue weighted by Crippen LogP contribution is 2.19. The van der Waals surface area contributed by atoms with Crippen LogP contribution < -0.4 is 10.6 Å². The third-order valence-corrected chi connectivity index (χ3v) is 3.99. The zero-order chi connectivity index (χ0) is 16.7. The van der Waals surface area contributed by atoms with Gasteiger partial charge in [-0.25, -0.2) is 9.78 Å². The fraction of sp³-hybridized carbons (Fsp3) is 0.333. The first-order valence-corrected chi connectivity index (χ1v) is 8.17. The van der Waals surface area contributed by atoms with Gasteiger partial charge in [0.25, 0.3) is 0 Å². The molecule has 2 aromatic rings. The number of carbonyl (C=O) groups is 2. The summed E-state index contributed by atoms with van der Waals surface area (Å²) in [6, 6.07) is 8.96. The Hall–Kier alpha value is -2.35. The first kappa shape index (κ1) is 17.0. The monoisotopic (exact) mass is 333 g/mol. The zero-order valence-corrected chi connectivity index (χ0v) is 13.8. The van der Waals surface area contributed by atoms with Crippen molar-refractivity contribution in [3.05, 3.63) is 41.7 Å². The zero-order valence-electron chi connectivity index (χ0n) is 13.0. The quantitative estimate of drug-likeness (QED) is 0.701. The number of hydrogen-bond acceptors (Lipinski definition) is 5. The Balaban J connectivity index is 1.77. The summed E-state index contributed by atoms with van der Waals surface area (Å²) in [4.78, 5) is 28.0. The van der Waals surface area contributed by atoms with E-state index in [0.29, 0.717) is 11.7 Å². The molecule has 0 saturated carbocycles. The minimum Gasteiger partial charge on any atom is -0.334 e. The van der Waals surface area contributed by atoms with E-state index in [1.54, 1.807) is 6.92 Å². The van der Waals surface area contributed by atoms with E-state index in [9.17, 15) is 9.59 Å². The molecule has 0 spiro atoms. The van der Waals surface area contributed by atoms with E-state index in [2.05, 4.69) is 25.8 Å². The molecule has 0 bridgehead atoms. The summed E-state index contributed by atoms with van der Waals surface area (Å²) in [6.45, 7) is 4.02. The fourth-order valence-electron chi connectivity index (χ4n) is 1.74. The van der Waals surface area contributed by atoms with Gasteiger partial charge in [0, 0.05) is 13.0 Å². The first-order chi connectivity index (χ1) is 11.1. The number of thioether (sulfide) groups is 1. The largest absolute Gasteiger partial charge is 0.334 e. The summed E-state index contributed by atoms with van der Waals surface area (Å²) in [5.41, 5.74) is 0.963. The van der Waals surface area contributed by atoms with Gasteiger partial charge in [-0.05, 0) is 12.5 Å². The normalized spacial score (nSPS) is 11.7. The summed E-state index contributed by atoms with van der Waals surface area (Å²) in [5, 5.41) is 11.8. The molecule has 0 aliphatic rings. The van der Waals surface area contributed by atoms with E-state index >= 15 is 0 Å². The van der Waals surface area contributed by atoms with E-state index in [1.807, 2.05) is 37.3 Å². The van der Waals surface area contributed by atoms with Gasteiger partial charge in [-0.15, -0.1) is 5.10 Å². The van der Waals surface area contributed by atoms with Gasteiger partial charge in [-0.1, -0.05) is 49.0 Å². The molecule has 7 nitrogen and oxygen atoms in total. The molecule has 1 aromatic heterocycles. The van der Waals surface area contributed by atoms with Crippen LogP contribution in [0.3, 0.4) is 0 Å². The van der Waals surface area contributed by atoms with Crippen molar-refractivity contribution in [2.75, 3.05) is 0 Å². The number of aromatic nitrogens is 3. The second kappa shape index (κ2) is 8.33. The number of imide groups is 1. The number of aryl methyl sites for hydroxylation is 1. The summed E-state index contributed by atoms with van der Waals surface area (Å²) in [5.74, 6) is 0.379. The molecule has 0 radical (unpaired) electrons. The lowest BCUT2D eigenvalue weighted by Gasteiger charge is -2.10. The molecule has 1 aromatic carbocycles. The van der Waals surface area contributed by atoms with Crippen LogP contribution in [0.5, 0.6) is 0 Å². The van der Waals surface area contributed by atoms with E-state index in [4.69, 9.17) is 0 Å². The highest BCUT2D eigenvalue weighted by atomic mass is 32.2. The Morgan fingerprint density at radius 3 is 2.70 bits per heavy atom. The minimum absolute atomic E-state index is 0.363. The van der Waals surface area contributed by atoms with Gasteiger partial charge in [0.05, 0.1) is 5.25 Å². The predicted octanol–water partition coefficient (Wildman–Crippen LogP) is 1.87. The standard InChI is InChI=1S/C15H19N5O2S/c1-3-12-17-15(20-19-12)23-10(2)13(21)18-14(22)16-9-11-7-5-4-6-8-11/h4-8,10H,3,9H2,1-2H3,(H,17,19,20)(H2,16,18,21,22). The Labute approximate surface area is 138 Å². The molecule has 0 fully saturated rings. The molecule has 1 heterocycles. The number of urea groups is 1. The van der Waals surface area contributed by atoms with Crippen LogP contribution in [0.15, 0.2) is 35.5 Å². The average molecular weight is 333 g/mol. The Kier molecular flexibility index (Phi) is 6.16. The lowest BCUT2D eigenvalue weighted by atomic mass is 10.2. The molecule has 0 aliphatic heterocycles. The fourth-order valence-corrected chi connectivity index (χ4v) is 2.48. The summed E-state index contributed by atoms with van der Waals surface area (Å²) < 4.78 is 0. The van der Waals surface area contributed by atoms with Gasteiger partial charge in [-0.2, -0.15) is 0 Å². The molecule has 122 valence electrons. The maximum Gasteiger partial charge on any atom is 0.321 e. The van der Waals surface area contributed by atoms with Crippen LogP contribution in [0.25, 0.3) is 0 Å². The maximum absolute atomic E-state index is 12.0. The number of carbonyl (C=O) groups excluding carboxylic acids is 2. The molecular formula is C15H19N5O2S.